The molecule has 2 heterocycles. The number of hydrogen-bond acceptors (Lipinski definition) is 3. The first-order chi connectivity index (χ1) is 16.6. The Morgan fingerprint density at radius 3 is 2.43 bits per heavy atom. The highest BCUT2D eigenvalue weighted by Gasteiger charge is 2.25. The maximum absolute atomic E-state index is 9.59. The molecule has 2 nitrogen and oxygen atoms in total. The number of aromatic nitrogens is 1. The number of rotatable bonds is 3. The van der Waals surface area contributed by atoms with Crippen LogP contribution in [0.3, 0.4) is 0 Å². The molecule has 0 radical (unpaired) electrons. The highest BCUT2D eigenvalue weighted by molar-refractivity contribution is 8.04. The lowest BCUT2D eigenvalue weighted by atomic mass is 9.87. The summed E-state index contributed by atoms with van der Waals surface area (Å²) in [7, 11) is 2.11. The molecular formula is C31H31N2S2+. The van der Waals surface area contributed by atoms with Crippen molar-refractivity contribution in [1.29, 1.82) is 5.26 Å². The first-order valence-electron chi connectivity index (χ1n) is 12.0. The maximum Gasteiger partial charge on any atom is 0.230 e. The molecule has 5 rings (SSSR count). The lowest BCUT2D eigenvalue weighted by Crippen LogP contribution is -2.31. The van der Waals surface area contributed by atoms with E-state index in [1.807, 2.05) is 11.3 Å². The molecule has 0 amide bonds. The van der Waals surface area contributed by atoms with Crippen LogP contribution in [0.1, 0.15) is 43.0 Å². The van der Waals surface area contributed by atoms with Crippen LogP contribution in [0.4, 0.5) is 0 Å². The average Bonchev–Trinajstić information content (AvgIpc) is 3.15. The molecule has 0 aliphatic rings. The Bertz CT molecular complexity index is 1680. The molecule has 3 aromatic carbocycles. The Morgan fingerprint density at radius 2 is 1.71 bits per heavy atom. The zero-order valence-electron chi connectivity index (χ0n) is 21.5. The number of thiocyanates is 1. The van der Waals surface area contributed by atoms with Gasteiger partial charge in [-0.2, -0.15) is 9.83 Å². The van der Waals surface area contributed by atoms with Gasteiger partial charge in [0.1, 0.15) is 17.1 Å². The van der Waals surface area contributed by atoms with Crippen molar-refractivity contribution in [1.82, 2.24) is 0 Å². The molecule has 0 atom stereocenters. The fraction of sp³-hybridized carbons (Fsp3) is 0.290. The third-order valence-corrected chi connectivity index (χ3v) is 8.68. The van der Waals surface area contributed by atoms with Gasteiger partial charge in [0.15, 0.2) is 6.20 Å². The van der Waals surface area contributed by atoms with Crippen molar-refractivity contribution in [3.63, 3.8) is 0 Å². The fourth-order valence-electron chi connectivity index (χ4n) is 5.26. The van der Waals surface area contributed by atoms with Crippen molar-refractivity contribution in [2.45, 2.75) is 52.9 Å². The van der Waals surface area contributed by atoms with Crippen LogP contribution in [0, 0.1) is 36.8 Å². The van der Waals surface area contributed by atoms with Crippen LogP contribution in [-0.2, 0) is 13.5 Å². The van der Waals surface area contributed by atoms with E-state index < -0.39 is 0 Å². The number of nitriles is 1. The van der Waals surface area contributed by atoms with E-state index in [4.69, 9.17) is 0 Å². The summed E-state index contributed by atoms with van der Waals surface area (Å²) in [4.78, 5) is 1.02. The lowest BCUT2D eigenvalue weighted by Gasteiger charge is -2.18. The Kier molecular flexibility index (Phi) is 5.90. The summed E-state index contributed by atoms with van der Waals surface area (Å²) in [6, 6.07) is 16.0. The van der Waals surface area contributed by atoms with E-state index in [0.717, 1.165) is 11.3 Å². The Morgan fingerprint density at radius 1 is 0.971 bits per heavy atom. The molecule has 0 saturated heterocycles. The number of thioether (sulfide) groups is 1. The van der Waals surface area contributed by atoms with Crippen LogP contribution in [0.5, 0.6) is 0 Å². The molecule has 35 heavy (non-hydrogen) atoms. The molecule has 4 heteroatoms. The molecule has 0 fully saturated rings. The van der Waals surface area contributed by atoms with Gasteiger partial charge in [-0.1, -0.05) is 62.7 Å². The molecule has 176 valence electrons. The number of fused-ring (bicyclic) bond motifs is 5. The van der Waals surface area contributed by atoms with Crippen LogP contribution in [0.2, 0.25) is 0 Å². The molecule has 2 aromatic heterocycles. The average molecular weight is 496 g/mol. The smallest absolute Gasteiger partial charge is 0.199 e. The molecule has 0 N–H and O–H groups in total. The van der Waals surface area contributed by atoms with Crippen LogP contribution >= 0.6 is 23.1 Å². The quantitative estimate of drug-likeness (QED) is 0.142. The van der Waals surface area contributed by atoms with Gasteiger partial charge in [-0.15, -0.1) is 11.3 Å². The standard InChI is InChI=1S/C31H31N2S2/c1-18-12-19(2)20(3)25(13-18)28-30-27(26(34-17-32)16-33(28)7)24-11-9-22-14-21(15-31(4,5)6)8-10-23(22)29(24)35-30/h8-14,16H,15H2,1-7H3/q+1. The summed E-state index contributed by atoms with van der Waals surface area (Å²) >= 11 is 3.12. The van der Waals surface area contributed by atoms with Crippen molar-refractivity contribution >= 4 is 54.0 Å². The van der Waals surface area contributed by atoms with Gasteiger partial charge in [0.05, 0.1) is 10.5 Å². The van der Waals surface area contributed by atoms with Crippen LogP contribution < -0.4 is 4.57 Å². The third-order valence-electron chi connectivity index (χ3n) is 6.82. The van der Waals surface area contributed by atoms with Gasteiger partial charge in [-0.05, 0) is 77.9 Å². The summed E-state index contributed by atoms with van der Waals surface area (Å²) in [5.74, 6) is 0. The number of pyridine rings is 1. The second-order valence-corrected chi connectivity index (χ2v) is 12.8. The minimum absolute atomic E-state index is 0.256. The summed E-state index contributed by atoms with van der Waals surface area (Å²) in [5, 5.41) is 16.9. The number of nitrogens with zero attached hydrogens (tertiary/aromatic N) is 2. The summed E-state index contributed by atoms with van der Waals surface area (Å²) < 4.78 is 4.76. The molecule has 0 spiro atoms. The largest absolute Gasteiger partial charge is 0.230 e. The van der Waals surface area contributed by atoms with E-state index in [1.165, 1.54) is 76.2 Å². The zero-order valence-corrected chi connectivity index (χ0v) is 23.2. The Balaban J connectivity index is 1.87. The predicted molar refractivity (Wildman–Crippen MR) is 152 cm³/mol. The molecule has 0 unspecified atom stereocenters. The van der Waals surface area contributed by atoms with Crippen LogP contribution in [-0.4, -0.2) is 0 Å². The fourth-order valence-corrected chi connectivity index (χ4v) is 7.40. The zero-order chi connectivity index (χ0) is 25.1. The van der Waals surface area contributed by atoms with Crippen molar-refractivity contribution in [2.75, 3.05) is 0 Å². The van der Waals surface area contributed by atoms with E-state index in [2.05, 4.69) is 107 Å². The monoisotopic (exact) mass is 495 g/mol. The molecule has 0 bridgehead atoms. The van der Waals surface area contributed by atoms with Gasteiger partial charge >= 0.3 is 0 Å². The van der Waals surface area contributed by atoms with E-state index in [-0.39, 0.29) is 5.41 Å². The third kappa shape index (κ3) is 4.22. The second-order valence-electron chi connectivity index (χ2n) is 10.9. The van der Waals surface area contributed by atoms with Gasteiger partial charge in [0.2, 0.25) is 5.69 Å². The number of aryl methyl sites for hydroxylation is 3. The van der Waals surface area contributed by atoms with E-state index in [0.29, 0.717) is 0 Å². The van der Waals surface area contributed by atoms with E-state index in [9.17, 15) is 5.26 Å². The Labute approximate surface area is 216 Å². The summed E-state index contributed by atoms with van der Waals surface area (Å²) in [5.41, 5.74) is 8.02. The number of thiophene rings is 1. The number of benzene rings is 3. The predicted octanol–water partition coefficient (Wildman–Crippen LogP) is 8.79. The molecule has 0 aliphatic heterocycles. The van der Waals surface area contributed by atoms with Gasteiger partial charge in [0, 0.05) is 15.5 Å². The minimum Gasteiger partial charge on any atom is -0.199 e. The topological polar surface area (TPSA) is 27.7 Å². The van der Waals surface area contributed by atoms with E-state index in [1.54, 1.807) is 0 Å². The first-order valence-corrected chi connectivity index (χ1v) is 13.7. The van der Waals surface area contributed by atoms with Gasteiger partial charge in [0.25, 0.3) is 0 Å². The molecule has 0 aliphatic carbocycles. The molecular weight excluding hydrogens is 464 g/mol. The van der Waals surface area contributed by atoms with E-state index >= 15 is 0 Å². The normalized spacial score (nSPS) is 12.1. The van der Waals surface area contributed by atoms with Crippen molar-refractivity contribution < 1.29 is 4.57 Å². The lowest BCUT2D eigenvalue weighted by molar-refractivity contribution is -0.660. The first kappa shape index (κ1) is 23.9. The highest BCUT2D eigenvalue weighted by Crippen LogP contribution is 2.46. The minimum atomic E-state index is 0.256. The SMILES string of the molecule is Cc1cc(C)c(C)c(-c2c3sc4c5ccc(CC(C)(C)C)cc5ccc4c3c(SC#N)c[n+]2C)c1. The maximum atomic E-state index is 9.59. The van der Waals surface area contributed by atoms with Crippen molar-refractivity contribution in [3.8, 4) is 16.7 Å². The second kappa shape index (κ2) is 8.66. The highest BCUT2D eigenvalue weighted by atomic mass is 32.2. The molecule has 5 aromatic rings. The van der Waals surface area contributed by atoms with Crippen molar-refractivity contribution in [2.24, 2.45) is 12.5 Å². The summed E-state index contributed by atoms with van der Waals surface area (Å²) in [6.07, 6.45) is 3.19. The summed E-state index contributed by atoms with van der Waals surface area (Å²) in [6.45, 7) is 13.4. The Hall–Kier alpha value is -2.87. The van der Waals surface area contributed by atoms with Crippen molar-refractivity contribution in [3.05, 3.63) is 70.9 Å². The van der Waals surface area contributed by atoms with Gasteiger partial charge in [-0.3, -0.25) is 0 Å². The van der Waals surface area contributed by atoms with Gasteiger partial charge in [-0.25, -0.2) is 0 Å². The van der Waals surface area contributed by atoms with Gasteiger partial charge < -0.3 is 0 Å². The van der Waals surface area contributed by atoms with Crippen LogP contribution in [0.15, 0.2) is 53.6 Å². The molecule has 0 saturated carbocycles. The number of hydrogen-bond donors (Lipinski definition) is 0. The van der Waals surface area contributed by atoms with Crippen LogP contribution in [0.25, 0.3) is 42.2 Å².